The van der Waals surface area contributed by atoms with Crippen molar-refractivity contribution in [1.82, 2.24) is 0 Å². The monoisotopic (exact) mass is 531 g/mol. The molecule has 34 heavy (non-hydrogen) atoms. The maximum Gasteiger partial charge on any atom is 0.416 e. The van der Waals surface area contributed by atoms with Crippen LogP contribution in [0.3, 0.4) is 0 Å². The number of para-hydroxylation sites is 2. The fourth-order valence-corrected chi connectivity index (χ4v) is 3.88. The van der Waals surface area contributed by atoms with Gasteiger partial charge in [-0.25, -0.2) is 0 Å². The number of anilines is 3. The zero-order valence-electron chi connectivity index (χ0n) is 17.4. The third-order valence-electron chi connectivity index (χ3n) is 5.20. The molecule has 3 aromatic carbocycles. The van der Waals surface area contributed by atoms with Gasteiger partial charge in [0.2, 0.25) is 11.8 Å². The molecule has 0 bridgehead atoms. The van der Waals surface area contributed by atoms with E-state index in [0.29, 0.717) is 16.9 Å². The molecule has 4 rings (SSSR count). The normalized spacial score (nSPS) is 15.4. The summed E-state index contributed by atoms with van der Waals surface area (Å²) in [6, 6.07) is 16.2. The lowest BCUT2D eigenvalue weighted by molar-refractivity contribution is -0.137. The zero-order valence-corrected chi connectivity index (χ0v) is 19.0. The summed E-state index contributed by atoms with van der Waals surface area (Å²) in [4.78, 5) is 40.3. The van der Waals surface area contributed by atoms with Crippen LogP contribution in [-0.2, 0) is 15.8 Å². The molecule has 6 nitrogen and oxygen atoms in total. The lowest BCUT2D eigenvalue weighted by atomic mass is 10.0. The van der Waals surface area contributed by atoms with Crippen LogP contribution in [0.15, 0.2) is 77.3 Å². The number of amides is 3. The van der Waals surface area contributed by atoms with Crippen LogP contribution in [0.2, 0.25) is 0 Å². The third kappa shape index (κ3) is 4.96. The Bertz CT molecular complexity index is 1260. The van der Waals surface area contributed by atoms with Crippen molar-refractivity contribution in [2.75, 3.05) is 15.5 Å². The van der Waals surface area contributed by atoms with E-state index >= 15 is 0 Å². The molecule has 3 aromatic rings. The van der Waals surface area contributed by atoms with E-state index in [0.717, 1.165) is 16.6 Å². The molecule has 0 saturated carbocycles. The van der Waals surface area contributed by atoms with Crippen LogP contribution in [0, 0.1) is 0 Å². The first-order valence-electron chi connectivity index (χ1n) is 10.1. The predicted octanol–water partition coefficient (Wildman–Crippen LogP) is 5.46. The number of carbonyl (C=O) groups excluding carboxylic acids is 3. The number of carbonyl (C=O) groups is 3. The van der Waals surface area contributed by atoms with Gasteiger partial charge in [-0.3, -0.25) is 19.3 Å². The molecule has 1 heterocycles. The van der Waals surface area contributed by atoms with Crippen LogP contribution >= 0.6 is 15.9 Å². The van der Waals surface area contributed by atoms with Crippen LogP contribution in [0.5, 0.6) is 0 Å². The number of alkyl halides is 3. The highest BCUT2D eigenvalue weighted by molar-refractivity contribution is 9.10. The van der Waals surface area contributed by atoms with E-state index < -0.39 is 41.9 Å². The van der Waals surface area contributed by atoms with Crippen molar-refractivity contribution in [3.05, 3.63) is 88.4 Å². The first-order valence-corrected chi connectivity index (χ1v) is 10.9. The minimum Gasteiger partial charge on any atom is -0.326 e. The highest BCUT2D eigenvalue weighted by atomic mass is 79.9. The van der Waals surface area contributed by atoms with E-state index in [1.807, 2.05) is 0 Å². The number of halogens is 4. The second-order valence-electron chi connectivity index (χ2n) is 7.54. The van der Waals surface area contributed by atoms with Gasteiger partial charge in [0.25, 0.3) is 5.91 Å². The standard InChI is InChI=1S/C24H17BrF3N3O3/c25-16-10-8-14(9-11-16)23(34)31-19-7-2-1-6-18(19)30-22(33)20(31)13-21(32)29-17-5-3-4-15(12-17)24(26,27)28/h1-12,20H,13H2,(H,29,32)(H,30,33)/t20-/m1/s1. The van der Waals surface area contributed by atoms with Crippen molar-refractivity contribution in [3.8, 4) is 0 Å². The SMILES string of the molecule is O=C(C[C@@H]1C(=O)Nc2ccccc2N1C(=O)c1ccc(Br)cc1)Nc1cccc(C(F)(F)F)c1. The van der Waals surface area contributed by atoms with E-state index in [1.54, 1.807) is 48.5 Å². The summed E-state index contributed by atoms with van der Waals surface area (Å²) in [6.07, 6.45) is -5.03. The van der Waals surface area contributed by atoms with Crippen LogP contribution in [0.1, 0.15) is 22.3 Å². The largest absolute Gasteiger partial charge is 0.416 e. The molecular weight excluding hydrogens is 515 g/mol. The number of benzene rings is 3. The van der Waals surface area contributed by atoms with Crippen LogP contribution in [-0.4, -0.2) is 23.8 Å². The van der Waals surface area contributed by atoms with E-state index in [4.69, 9.17) is 0 Å². The lowest BCUT2D eigenvalue weighted by Crippen LogP contribution is -2.52. The number of fused-ring (bicyclic) bond motifs is 1. The summed E-state index contributed by atoms with van der Waals surface area (Å²) in [5, 5.41) is 5.07. The molecule has 174 valence electrons. The Labute approximate surface area is 200 Å². The highest BCUT2D eigenvalue weighted by Crippen LogP contribution is 2.35. The van der Waals surface area contributed by atoms with Gasteiger partial charge in [-0.05, 0) is 54.6 Å². The van der Waals surface area contributed by atoms with Crippen molar-refractivity contribution >= 4 is 50.7 Å². The Morgan fingerprint density at radius 2 is 1.71 bits per heavy atom. The van der Waals surface area contributed by atoms with E-state index in [1.165, 1.54) is 17.0 Å². The number of nitrogens with one attached hydrogen (secondary N) is 2. The number of nitrogens with zero attached hydrogens (tertiary/aromatic N) is 1. The Balaban J connectivity index is 1.62. The van der Waals surface area contributed by atoms with Crippen molar-refractivity contribution in [1.29, 1.82) is 0 Å². The van der Waals surface area contributed by atoms with E-state index in [-0.39, 0.29) is 5.69 Å². The first-order chi connectivity index (χ1) is 16.1. The van der Waals surface area contributed by atoms with Crippen LogP contribution < -0.4 is 15.5 Å². The van der Waals surface area contributed by atoms with Gasteiger partial charge in [0.15, 0.2) is 0 Å². The van der Waals surface area contributed by atoms with Crippen LogP contribution in [0.25, 0.3) is 0 Å². The summed E-state index contributed by atoms with van der Waals surface area (Å²) in [5.41, 5.74) is 0.138. The molecule has 0 aromatic heterocycles. The molecule has 2 N–H and O–H groups in total. The van der Waals surface area contributed by atoms with Crippen LogP contribution in [0.4, 0.5) is 30.2 Å². The second kappa shape index (κ2) is 9.30. The van der Waals surface area contributed by atoms with E-state index in [2.05, 4.69) is 26.6 Å². The topological polar surface area (TPSA) is 78.5 Å². The summed E-state index contributed by atoms with van der Waals surface area (Å²) >= 11 is 3.31. The summed E-state index contributed by atoms with van der Waals surface area (Å²) in [7, 11) is 0. The molecule has 0 aliphatic carbocycles. The Morgan fingerprint density at radius 3 is 2.41 bits per heavy atom. The first kappa shape index (κ1) is 23.5. The molecule has 0 radical (unpaired) electrons. The minimum atomic E-state index is -4.57. The Kier molecular flexibility index (Phi) is 6.43. The van der Waals surface area contributed by atoms with Crippen molar-refractivity contribution in [3.63, 3.8) is 0 Å². The molecule has 0 saturated heterocycles. The molecule has 10 heteroatoms. The predicted molar refractivity (Wildman–Crippen MR) is 125 cm³/mol. The average Bonchev–Trinajstić information content (AvgIpc) is 2.79. The lowest BCUT2D eigenvalue weighted by Gasteiger charge is -2.36. The number of hydrogen-bond acceptors (Lipinski definition) is 3. The summed E-state index contributed by atoms with van der Waals surface area (Å²) < 4.78 is 39.7. The maximum absolute atomic E-state index is 13.4. The Morgan fingerprint density at radius 1 is 1.00 bits per heavy atom. The maximum atomic E-state index is 13.4. The average molecular weight is 532 g/mol. The molecule has 0 spiro atoms. The molecule has 0 unspecified atom stereocenters. The molecule has 1 aliphatic rings. The smallest absolute Gasteiger partial charge is 0.326 e. The molecule has 0 fully saturated rings. The highest BCUT2D eigenvalue weighted by Gasteiger charge is 2.38. The van der Waals surface area contributed by atoms with Gasteiger partial charge in [0.05, 0.1) is 23.4 Å². The zero-order chi connectivity index (χ0) is 24.5. The number of rotatable bonds is 4. The number of hydrogen-bond donors (Lipinski definition) is 2. The van der Waals surface area contributed by atoms with Gasteiger partial charge in [-0.15, -0.1) is 0 Å². The Hall–Kier alpha value is -3.66. The van der Waals surface area contributed by atoms with Gasteiger partial charge < -0.3 is 10.6 Å². The fraction of sp³-hybridized carbons (Fsp3) is 0.125. The minimum absolute atomic E-state index is 0.0674. The van der Waals surface area contributed by atoms with Crippen molar-refractivity contribution < 1.29 is 27.6 Å². The third-order valence-corrected chi connectivity index (χ3v) is 5.73. The fourth-order valence-electron chi connectivity index (χ4n) is 3.62. The quantitative estimate of drug-likeness (QED) is 0.469. The van der Waals surface area contributed by atoms with Crippen molar-refractivity contribution in [2.45, 2.75) is 18.6 Å². The van der Waals surface area contributed by atoms with E-state index in [9.17, 15) is 27.6 Å². The molecular formula is C24H17BrF3N3O3. The van der Waals surface area contributed by atoms with Gasteiger partial charge in [-0.2, -0.15) is 13.2 Å². The summed E-state index contributed by atoms with van der Waals surface area (Å²) in [6.45, 7) is 0. The van der Waals surface area contributed by atoms with Gasteiger partial charge >= 0.3 is 6.18 Å². The van der Waals surface area contributed by atoms with Gasteiger partial charge in [-0.1, -0.05) is 34.1 Å². The molecule has 1 atom stereocenters. The van der Waals surface area contributed by atoms with Gasteiger partial charge in [0, 0.05) is 15.7 Å². The summed E-state index contributed by atoms with van der Waals surface area (Å²) in [5.74, 6) is -1.79. The second-order valence-corrected chi connectivity index (χ2v) is 8.45. The van der Waals surface area contributed by atoms with Gasteiger partial charge in [0.1, 0.15) is 6.04 Å². The molecule has 3 amide bonds. The van der Waals surface area contributed by atoms with Crippen molar-refractivity contribution in [2.24, 2.45) is 0 Å². The molecule has 1 aliphatic heterocycles.